The smallest absolute Gasteiger partial charge is 0.259 e. The number of carbonyl (C=O) groups is 2. The van der Waals surface area contributed by atoms with Gasteiger partial charge in [-0.25, -0.2) is 0 Å². The monoisotopic (exact) mass is 398 g/mol. The standard InChI is InChI=1S/C21H23ClN4O2/c1-13(27)25-11-14(12-25)8-24-16-7-17(10-23-9-16)26-20(28)18-5-4-15(22)6-19(18)21(26,2)3/h4-7,9-10,14,24H,8,11-12H2,1-3H3. The Morgan fingerprint density at radius 3 is 2.75 bits per heavy atom. The second kappa shape index (κ2) is 6.78. The van der Waals surface area contributed by atoms with Gasteiger partial charge in [0.2, 0.25) is 5.91 Å². The highest BCUT2D eigenvalue weighted by Gasteiger charge is 2.44. The first-order valence-corrected chi connectivity index (χ1v) is 9.74. The molecule has 0 spiro atoms. The SMILES string of the molecule is CC(=O)N1CC(CNc2cncc(N3C(=O)c4ccc(Cl)cc4C3(C)C)c2)C1. The minimum atomic E-state index is -0.520. The molecule has 1 aromatic carbocycles. The quantitative estimate of drug-likeness (QED) is 0.855. The molecule has 2 aliphatic rings. The lowest BCUT2D eigenvalue weighted by atomic mass is 9.93. The number of amides is 2. The van der Waals surface area contributed by atoms with Crippen LogP contribution < -0.4 is 10.2 Å². The summed E-state index contributed by atoms with van der Waals surface area (Å²) >= 11 is 6.16. The molecule has 0 aliphatic carbocycles. The number of fused-ring (bicyclic) bond motifs is 1. The normalized spacial score (nSPS) is 18.1. The molecule has 7 heteroatoms. The van der Waals surface area contributed by atoms with Gasteiger partial charge in [-0.1, -0.05) is 11.6 Å². The average Bonchev–Trinajstić information content (AvgIpc) is 2.79. The third-order valence-electron chi connectivity index (χ3n) is 5.61. The molecule has 0 bridgehead atoms. The topological polar surface area (TPSA) is 65.5 Å². The molecule has 6 nitrogen and oxygen atoms in total. The number of aromatic nitrogens is 1. The van der Waals surface area contributed by atoms with E-state index in [-0.39, 0.29) is 11.8 Å². The second-order valence-electron chi connectivity index (χ2n) is 7.99. The van der Waals surface area contributed by atoms with Gasteiger partial charge in [0.05, 0.1) is 29.3 Å². The first kappa shape index (κ1) is 18.7. The Morgan fingerprint density at radius 1 is 1.29 bits per heavy atom. The van der Waals surface area contributed by atoms with Crippen molar-refractivity contribution in [1.82, 2.24) is 9.88 Å². The fraction of sp³-hybridized carbons (Fsp3) is 0.381. The molecule has 0 atom stereocenters. The number of carbonyl (C=O) groups excluding carboxylic acids is 2. The molecule has 146 valence electrons. The Hall–Kier alpha value is -2.60. The van der Waals surface area contributed by atoms with E-state index in [1.165, 1.54) is 0 Å². The molecule has 0 saturated carbocycles. The molecule has 3 heterocycles. The van der Waals surface area contributed by atoms with Gasteiger partial charge in [-0.15, -0.1) is 0 Å². The molecule has 2 aromatic rings. The number of benzene rings is 1. The number of rotatable bonds is 4. The lowest BCUT2D eigenvalue weighted by Gasteiger charge is -2.38. The number of pyridine rings is 1. The number of likely N-dealkylation sites (tertiary alicyclic amines) is 1. The Bertz CT molecular complexity index is 953. The first-order chi connectivity index (χ1) is 13.3. The van der Waals surface area contributed by atoms with Gasteiger partial charge in [-0.05, 0) is 43.7 Å². The number of hydrogen-bond donors (Lipinski definition) is 1. The molecular formula is C21H23ClN4O2. The molecule has 0 unspecified atom stereocenters. The van der Waals surface area contributed by atoms with Gasteiger partial charge in [0.1, 0.15) is 0 Å². The van der Waals surface area contributed by atoms with E-state index >= 15 is 0 Å². The third-order valence-corrected chi connectivity index (χ3v) is 5.85. The van der Waals surface area contributed by atoms with Crippen LogP contribution in [0.15, 0.2) is 36.7 Å². The number of nitrogens with one attached hydrogen (secondary N) is 1. The predicted octanol–water partition coefficient (Wildman–Crippen LogP) is 3.52. The van der Waals surface area contributed by atoms with Crippen molar-refractivity contribution in [3.63, 3.8) is 0 Å². The van der Waals surface area contributed by atoms with Crippen LogP contribution in [-0.2, 0) is 10.3 Å². The van der Waals surface area contributed by atoms with Crippen LogP contribution in [0.1, 0.15) is 36.7 Å². The van der Waals surface area contributed by atoms with Gasteiger partial charge in [0.15, 0.2) is 0 Å². The van der Waals surface area contributed by atoms with Crippen molar-refractivity contribution in [1.29, 1.82) is 0 Å². The summed E-state index contributed by atoms with van der Waals surface area (Å²) in [6, 6.07) is 7.34. The highest BCUT2D eigenvalue weighted by atomic mass is 35.5. The van der Waals surface area contributed by atoms with Crippen LogP contribution in [0.3, 0.4) is 0 Å². The molecule has 2 amide bonds. The van der Waals surface area contributed by atoms with Crippen molar-refractivity contribution in [3.05, 3.63) is 52.8 Å². The summed E-state index contributed by atoms with van der Waals surface area (Å²) in [4.78, 5) is 32.3. The zero-order valence-electron chi connectivity index (χ0n) is 16.2. The summed E-state index contributed by atoms with van der Waals surface area (Å²) in [6.07, 6.45) is 3.46. The van der Waals surface area contributed by atoms with E-state index in [0.717, 1.165) is 36.6 Å². The number of halogens is 1. The van der Waals surface area contributed by atoms with Gasteiger partial charge >= 0.3 is 0 Å². The van der Waals surface area contributed by atoms with Crippen LogP contribution in [0.4, 0.5) is 11.4 Å². The second-order valence-corrected chi connectivity index (χ2v) is 8.43. The van der Waals surface area contributed by atoms with Crippen LogP contribution in [0.5, 0.6) is 0 Å². The van der Waals surface area contributed by atoms with Crippen LogP contribution in [0, 0.1) is 5.92 Å². The molecule has 28 heavy (non-hydrogen) atoms. The molecule has 1 aromatic heterocycles. The van der Waals surface area contributed by atoms with Crippen molar-refractivity contribution < 1.29 is 9.59 Å². The molecule has 4 rings (SSSR count). The third kappa shape index (κ3) is 3.11. The number of anilines is 2. The zero-order chi connectivity index (χ0) is 20.1. The van der Waals surface area contributed by atoms with Crippen molar-refractivity contribution >= 4 is 34.8 Å². The van der Waals surface area contributed by atoms with E-state index in [9.17, 15) is 9.59 Å². The summed E-state index contributed by atoms with van der Waals surface area (Å²) in [5.41, 5.74) is 2.67. The van der Waals surface area contributed by atoms with Crippen LogP contribution in [0.25, 0.3) is 0 Å². The van der Waals surface area contributed by atoms with Gasteiger partial charge in [0, 0.05) is 43.1 Å². The lowest BCUT2D eigenvalue weighted by molar-refractivity contribution is -0.134. The molecule has 0 radical (unpaired) electrons. The van der Waals surface area contributed by atoms with Crippen LogP contribution in [-0.4, -0.2) is 41.3 Å². The zero-order valence-corrected chi connectivity index (χ0v) is 17.0. The Labute approximate surface area is 169 Å². The number of hydrogen-bond acceptors (Lipinski definition) is 4. The maximum absolute atomic E-state index is 13.1. The maximum atomic E-state index is 13.1. The summed E-state index contributed by atoms with van der Waals surface area (Å²) in [6.45, 7) is 7.95. The van der Waals surface area contributed by atoms with E-state index in [1.54, 1.807) is 36.4 Å². The van der Waals surface area contributed by atoms with E-state index < -0.39 is 5.54 Å². The van der Waals surface area contributed by atoms with E-state index in [4.69, 9.17) is 11.6 Å². The molecule has 1 fully saturated rings. The van der Waals surface area contributed by atoms with Crippen molar-refractivity contribution in [3.8, 4) is 0 Å². The average molecular weight is 399 g/mol. The van der Waals surface area contributed by atoms with E-state index in [0.29, 0.717) is 16.5 Å². The van der Waals surface area contributed by atoms with E-state index in [1.807, 2.05) is 30.9 Å². The fourth-order valence-corrected chi connectivity index (χ4v) is 4.18. The highest BCUT2D eigenvalue weighted by Crippen LogP contribution is 2.43. The van der Waals surface area contributed by atoms with Gasteiger partial charge in [-0.2, -0.15) is 0 Å². The molecular weight excluding hydrogens is 376 g/mol. The van der Waals surface area contributed by atoms with Gasteiger partial charge in [0.25, 0.3) is 5.91 Å². The van der Waals surface area contributed by atoms with Crippen molar-refractivity contribution in [2.75, 3.05) is 29.9 Å². The Kier molecular flexibility index (Phi) is 4.54. The predicted molar refractivity (Wildman–Crippen MR) is 110 cm³/mol. The van der Waals surface area contributed by atoms with Crippen molar-refractivity contribution in [2.24, 2.45) is 5.92 Å². The Balaban J connectivity index is 1.52. The van der Waals surface area contributed by atoms with Crippen molar-refractivity contribution in [2.45, 2.75) is 26.3 Å². The van der Waals surface area contributed by atoms with Gasteiger partial charge in [-0.3, -0.25) is 19.5 Å². The van der Waals surface area contributed by atoms with Crippen LogP contribution in [0.2, 0.25) is 5.02 Å². The highest BCUT2D eigenvalue weighted by molar-refractivity contribution is 6.31. The molecule has 1 N–H and O–H groups in total. The summed E-state index contributed by atoms with van der Waals surface area (Å²) in [5.74, 6) is 0.505. The maximum Gasteiger partial charge on any atom is 0.259 e. The molecule has 1 saturated heterocycles. The van der Waals surface area contributed by atoms with Gasteiger partial charge < -0.3 is 10.2 Å². The minimum absolute atomic E-state index is 0.0493. The largest absolute Gasteiger partial charge is 0.383 e. The van der Waals surface area contributed by atoms with E-state index in [2.05, 4.69) is 10.3 Å². The lowest BCUT2D eigenvalue weighted by Crippen LogP contribution is -2.51. The van der Waals surface area contributed by atoms with Crippen LogP contribution >= 0.6 is 11.6 Å². The summed E-state index contributed by atoms with van der Waals surface area (Å²) in [7, 11) is 0. The summed E-state index contributed by atoms with van der Waals surface area (Å²) < 4.78 is 0. The Morgan fingerprint density at radius 2 is 2.04 bits per heavy atom. The molecule has 2 aliphatic heterocycles. The fourth-order valence-electron chi connectivity index (χ4n) is 4.01. The summed E-state index contributed by atoms with van der Waals surface area (Å²) in [5, 5.41) is 4.00. The number of nitrogens with zero attached hydrogens (tertiary/aromatic N) is 3. The first-order valence-electron chi connectivity index (χ1n) is 9.36. The minimum Gasteiger partial charge on any atom is -0.383 e.